The van der Waals surface area contributed by atoms with Gasteiger partial charge in [-0.15, -0.1) is 11.3 Å². The lowest BCUT2D eigenvalue weighted by Gasteiger charge is -1.95. The molecular weight excluding hydrogens is 284 g/mol. The Morgan fingerprint density at radius 3 is 2.58 bits per heavy atom. The Balaban J connectivity index is 2.98. The maximum absolute atomic E-state index is 11.4. The van der Waals surface area contributed by atoms with Crippen LogP contribution in [0.5, 0.6) is 0 Å². The molecule has 0 aliphatic heterocycles. The summed E-state index contributed by atoms with van der Waals surface area (Å²) in [4.78, 5) is 0. The SMILES string of the molecule is O=S(=O)(CCBr)c1ccc(Cl)s1. The Labute approximate surface area is 88.6 Å². The fourth-order valence-electron chi connectivity index (χ4n) is 0.667. The highest BCUT2D eigenvalue weighted by Gasteiger charge is 2.15. The van der Waals surface area contributed by atoms with Crippen molar-refractivity contribution in [3.63, 3.8) is 0 Å². The molecule has 0 aliphatic rings. The molecule has 12 heavy (non-hydrogen) atoms. The van der Waals surface area contributed by atoms with Gasteiger partial charge in [0.2, 0.25) is 0 Å². The third kappa shape index (κ3) is 2.45. The van der Waals surface area contributed by atoms with E-state index >= 15 is 0 Å². The van der Waals surface area contributed by atoms with Gasteiger partial charge in [0.15, 0.2) is 9.84 Å². The van der Waals surface area contributed by atoms with Gasteiger partial charge in [0.1, 0.15) is 4.21 Å². The second-order valence-corrected chi connectivity index (χ2v) is 6.91. The molecule has 0 fully saturated rings. The van der Waals surface area contributed by atoms with E-state index in [1.807, 2.05) is 0 Å². The molecule has 6 heteroatoms. The number of alkyl halides is 1. The summed E-state index contributed by atoms with van der Waals surface area (Å²) in [5.41, 5.74) is 0. The Kier molecular flexibility index (Phi) is 3.58. The second-order valence-electron chi connectivity index (χ2n) is 2.07. The third-order valence-electron chi connectivity index (χ3n) is 1.20. The zero-order valence-corrected chi connectivity index (χ0v) is 9.93. The summed E-state index contributed by atoms with van der Waals surface area (Å²) in [6, 6.07) is 3.12. The molecule has 0 saturated heterocycles. The molecule has 0 saturated carbocycles. The molecule has 1 aromatic heterocycles. The molecule has 1 heterocycles. The molecule has 0 N–H and O–H groups in total. The molecule has 0 atom stereocenters. The van der Waals surface area contributed by atoms with E-state index in [-0.39, 0.29) is 5.75 Å². The van der Waals surface area contributed by atoms with E-state index in [2.05, 4.69) is 15.9 Å². The summed E-state index contributed by atoms with van der Waals surface area (Å²) >= 11 is 9.78. The van der Waals surface area contributed by atoms with Crippen LogP contribution >= 0.6 is 38.9 Å². The largest absolute Gasteiger partial charge is 0.223 e. The molecule has 0 bridgehead atoms. The van der Waals surface area contributed by atoms with Crippen molar-refractivity contribution in [1.29, 1.82) is 0 Å². The summed E-state index contributed by atoms with van der Waals surface area (Å²) in [6.45, 7) is 0. The first-order valence-corrected chi connectivity index (χ1v) is 7.07. The molecule has 0 spiro atoms. The van der Waals surface area contributed by atoms with Crippen molar-refractivity contribution in [3.8, 4) is 0 Å². The van der Waals surface area contributed by atoms with E-state index in [4.69, 9.17) is 11.6 Å². The quantitative estimate of drug-likeness (QED) is 0.802. The maximum Gasteiger partial charge on any atom is 0.188 e. The molecular formula is C6H6BrClO2S2. The van der Waals surface area contributed by atoms with Crippen LogP contribution < -0.4 is 0 Å². The first-order valence-electron chi connectivity index (χ1n) is 3.10. The summed E-state index contributed by atoms with van der Waals surface area (Å²) in [5.74, 6) is 0.115. The third-order valence-corrected chi connectivity index (χ3v) is 5.65. The Hall–Kier alpha value is 0.420. The van der Waals surface area contributed by atoms with Gasteiger partial charge in [-0.05, 0) is 12.1 Å². The van der Waals surface area contributed by atoms with E-state index < -0.39 is 9.84 Å². The number of thiophene rings is 1. The highest BCUT2D eigenvalue weighted by Crippen LogP contribution is 2.26. The average molecular weight is 290 g/mol. The van der Waals surface area contributed by atoms with Gasteiger partial charge in [0, 0.05) is 5.33 Å². The summed E-state index contributed by atoms with van der Waals surface area (Å²) in [5, 5.41) is 0.449. The van der Waals surface area contributed by atoms with Gasteiger partial charge in [-0.25, -0.2) is 8.42 Å². The van der Waals surface area contributed by atoms with Crippen LogP contribution in [-0.2, 0) is 9.84 Å². The average Bonchev–Trinajstić information content (AvgIpc) is 2.36. The van der Waals surface area contributed by atoms with Crippen molar-refractivity contribution in [3.05, 3.63) is 16.5 Å². The van der Waals surface area contributed by atoms with Crippen molar-refractivity contribution in [1.82, 2.24) is 0 Å². The summed E-state index contributed by atoms with van der Waals surface area (Å²) < 4.78 is 23.6. The van der Waals surface area contributed by atoms with Crippen LogP contribution in [0.25, 0.3) is 0 Å². The summed E-state index contributed by atoms with van der Waals surface area (Å²) in [6.07, 6.45) is 0. The standard InChI is InChI=1S/C6H6BrClO2S2/c7-3-4-12(9,10)6-2-1-5(8)11-6/h1-2H,3-4H2. The minimum absolute atomic E-state index is 0.115. The Morgan fingerprint density at radius 1 is 1.50 bits per heavy atom. The van der Waals surface area contributed by atoms with Gasteiger partial charge in [-0.1, -0.05) is 27.5 Å². The van der Waals surface area contributed by atoms with E-state index in [0.717, 1.165) is 11.3 Å². The summed E-state index contributed by atoms with van der Waals surface area (Å²) in [7, 11) is -3.10. The fourth-order valence-corrected chi connectivity index (χ4v) is 4.57. The minimum atomic E-state index is -3.10. The van der Waals surface area contributed by atoms with Gasteiger partial charge < -0.3 is 0 Å². The molecule has 68 valence electrons. The van der Waals surface area contributed by atoms with Crippen molar-refractivity contribution < 1.29 is 8.42 Å². The van der Waals surface area contributed by atoms with Crippen LogP contribution in [0.15, 0.2) is 16.3 Å². The van der Waals surface area contributed by atoms with Gasteiger partial charge in [0.25, 0.3) is 0 Å². The van der Waals surface area contributed by atoms with E-state index in [0.29, 0.717) is 13.9 Å². The number of sulfone groups is 1. The smallest absolute Gasteiger partial charge is 0.188 e. The van der Waals surface area contributed by atoms with Crippen molar-refractivity contribution in [2.45, 2.75) is 4.21 Å². The predicted octanol–water partition coefficient (Wildman–Crippen LogP) is 2.57. The van der Waals surface area contributed by atoms with Gasteiger partial charge >= 0.3 is 0 Å². The van der Waals surface area contributed by atoms with E-state index in [1.54, 1.807) is 6.07 Å². The van der Waals surface area contributed by atoms with E-state index in [9.17, 15) is 8.42 Å². The number of rotatable bonds is 3. The van der Waals surface area contributed by atoms with Crippen molar-refractivity contribution in [2.75, 3.05) is 11.1 Å². The molecule has 0 aromatic carbocycles. The topological polar surface area (TPSA) is 34.1 Å². The number of hydrogen-bond acceptors (Lipinski definition) is 3. The Morgan fingerprint density at radius 2 is 2.17 bits per heavy atom. The van der Waals surface area contributed by atoms with Crippen molar-refractivity contribution in [2.24, 2.45) is 0 Å². The van der Waals surface area contributed by atoms with Gasteiger partial charge in [0.05, 0.1) is 10.1 Å². The van der Waals surface area contributed by atoms with Crippen molar-refractivity contribution >= 4 is 48.7 Å². The first-order chi connectivity index (χ1) is 5.56. The predicted molar refractivity (Wildman–Crippen MR) is 55.2 cm³/mol. The monoisotopic (exact) mass is 288 g/mol. The van der Waals surface area contributed by atoms with Crippen LogP contribution in [0.4, 0.5) is 0 Å². The minimum Gasteiger partial charge on any atom is -0.223 e. The normalized spacial score (nSPS) is 11.8. The second kappa shape index (κ2) is 4.09. The molecule has 2 nitrogen and oxygen atoms in total. The molecule has 0 amide bonds. The lowest BCUT2D eigenvalue weighted by Crippen LogP contribution is -2.05. The van der Waals surface area contributed by atoms with Crippen LogP contribution in [0.2, 0.25) is 4.34 Å². The first kappa shape index (κ1) is 10.5. The van der Waals surface area contributed by atoms with Crippen LogP contribution in [-0.4, -0.2) is 19.5 Å². The fraction of sp³-hybridized carbons (Fsp3) is 0.333. The molecule has 1 aromatic rings. The molecule has 0 unspecified atom stereocenters. The highest BCUT2D eigenvalue weighted by atomic mass is 79.9. The molecule has 0 aliphatic carbocycles. The zero-order valence-electron chi connectivity index (χ0n) is 5.96. The molecule has 0 radical (unpaired) electrons. The highest BCUT2D eigenvalue weighted by molar-refractivity contribution is 9.09. The number of halogens is 2. The lowest BCUT2D eigenvalue weighted by molar-refractivity contribution is 0.599. The maximum atomic E-state index is 11.4. The van der Waals surface area contributed by atoms with Gasteiger partial charge in [-0.2, -0.15) is 0 Å². The number of hydrogen-bond donors (Lipinski definition) is 0. The lowest BCUT2D eigenvalue weighted by atomic mass is 10.7. The van der Waals surface area contributed by atoms with Crippen LogP contribution in [0.3, 0.4) is 0 Å². The Bertz CT molecular complexity index is 357. The molecule has 1 rings (SSSR count). The van der Waals surface area contributed by atoms with Gasteiger partial charge in [-0.3, -0.25) is 0 Å². The van der Waals surface area contributed by atoms with Crippen LogP contribution in [0.1, 0.15) is 0 Å². The zero-order chi connectivity index (χ0) is 9.19. The van der Waals surface area contributed by atoms with E-state index in [1.165, 1.54) is 6.07 Å². The van der Waals surface area contributed by atoms with Crippen LogP contribution in [0, 0.1) is 0 Å².